The number of ether oxygens (including phenoxy) is 1. The van der Waals surface area contributed by atoms with E-state index in [1.807, 2.05) is 40.7 Å². The summed E-state index contributed by atoms with van der Waals surface area (Å²) < 4.78 is 6.30. The van der Waals surface area contributed by atoms with Crippen LogP contribution in [0.25, 0.3) is 0 Å². The zero-order valence-electron chi connectivity index (χ0n) is 12.7. The molecule has 0 saturated heterocycles. The molecule has 2 N–H and O–H groups in total. The Bertz CT molecular complexity index is 502. The first-order chi connectivity index (χ1) is 9.17. The van der Waals surface area contributed by atoms with Gasteiger partial charge in [0, 0.05) is 25.1 Å². The van der Waals surface area contributed by atoms with Gasteiger partial charge in [0.2, 0.25) is 6.21 Å². The normalized spacial score (nSPS) is 12.4. The van der Waals surface area contributed by atoms with Crippen LogP contribution in [0.1, 0.15) is 40.2 Å². The van der Waals surface area contributed by atoms with Crippen molar-refractivity contribution < 1.29 is 19.5 Å². The molecule has 0 fully saturated rings. The van der Waals surface area contributed by atoms with Crippen molar-refractivity contribution in [2.45, 2.75) is 46.3 Å². The van der Waals surface area contributed by atoms with E-state index in [-0.39, 0.29) is 6.04 Å². The second-order valence-corrected chi connectivity index (χ2v) is 5.86. The number of nitrogens with one attached hydrogen (secondary N) is 1. The third kappa shape index (κ3) is 5.73. The average molecular weight is 279 g/mol. The molecule has 0 saturated carbocycles. The molecule has 1 rings (SSSR count). The molecule has 110 valence electrons. The minimum absolute atomic E-state index is 0.0162. The molecule has 0 unspecified atom stereocenters. The Labute approximate surface area is 119 Å². The zero-order chi connectivity index (χ0) is 15.3. The lowest BCUT2D eigenvalue weighted by molar-refractivity contribution is -0.791. The van der Waals surface area contributed by atoms with Gasteiger partial charge in [-0.25, -0.2) is 4.79 Å². The average Bonchev–Trinajstić information content (AvgIpc) is 2.26. The Morgan fingerprint density at radius 2 is 2.05 bits per heavy atom. The zero-order valence-corrected chi connectivity index (χ0v) is 12.7. The molecule has 5 nitrogen and oxygen atoms in total. The summed E-state index contributed by atoms with van der Waals surface area (Å²) in [5.74, 6) is 0. The van der Waals surface area contributed by atoms with Crippen LogP contribution < -0.4 is 5.32 Å². The van der Waals surface area contributed by atoms with Gasteiger partial charge in [0.15, 0.2) is 6.04 Å². The van der Waals surface area contributed by atoms with Crippen molar-refractivity contribution in [2.75, 3.05) is 5.32 Å². The van der Waals surface area contributed by atoms with Crippen molar-refractivity contribution in [3.8, 4) is 0 Å². The van der Waals surface area contributed by atoms with Crippen LogP contribution >= 0.6 is 0 Å². The van der Waals surface area contributed by atoms with Gasteiger partial charge in [-0.2, -0.15) is 0 Å². The summed E-state index contributed by atoms with van der Waals surface area (Å²) in [5, 5.41) is 12.3. The summed E-state index contributed by atoms with van der Waals surface area (Å²) in [7, 11) is 0. The second kappa shape index (κ2) is 6.41. The second-order valence-electron chi connectivity index (χ2n) is 5.86. The molecule has 0 aliphatic carbocycles. The summed E-state index contributed by atoms with van der Waals surface area (Å²) in [4.78, 5) is 11.7. The molecule has 5 heteroatoms. The van der Waals surface area contributed by atoms with Crippen LogP contribution in [-0.2, 0) is 4.74 Å². The first-order valence-electron chi connectivity index (χ1n) is 6.59. The number of nitrogens with zero attached hydrogens (tertiary/aromatic N) is 1. The van der Waals surface area contributed by atoms with Crippen LogP contribution in [-0.4, -0.2) is 33.9 Å². The van der Waals surface area contributed by atoms with Gasteiger partial charge in [0.05, 0.1) is 0 Å². The summed E-state index contributed by atoms with van der Waals surface area (Å²) in [5.41, 5.74) is 0.868. The Morgan fingerprint density at radius 1 is 1.40 bits per heavy atom. The molecule has 0 aliphatic heterocycles. The minimum atomic E-state index is -0.534. The number of hydrogen-bond donors (Lipinski definition) is 2. The molecule has 1 aromatic rings. The highest BCUT2D eigenvalue weighted by Crippen LogP contribution is 2.13. The fraction of sp³-hybridized carbons (Fsp3) is 0.467. The molecule has 0 bridgehead atoms. The number of amides is 1. The highest BCUT2D eigenvalue weighted by molar-refractivity contribution is 5.87. The first-order valence-corrected chi connectivity index (χ1v) is 6.59. The van der Waals surface area contributed by atoms with E-state index in [1.165, 1.54) is 0 Å². The smallest absolute Gasteiger partial charge is 0.412 e. The number of hydrogen-bond acceptors (Lipinski definition) is 3. The predicted octanol–water partition coefficient (Wildman–Crippen LogP) is 3.26. The Morgan fingerprint density at radius 3 is 2.60 bits per heavy atom. The summed E-state index contributed by atoms with van der Waals surface area (Å²) in [6.07, 6.45) is 1.10. The Hall–Kier alpha value is -2.04. The lowest BCUT2D eigenvalue weighted by atomic mass is 10.2. The van der Waals surface area contributed by atoms with Crippen molar-refractivity contribution in [1.82, 2.24) is 0 Å². The third-order valence-corrected chi connectivity index (χ3v) is 2.34. The van der Waals surface area contributed by atoms with E-state index in [1.54, 1.807) is 24.4 Å². The number of benzene rings is 1. The SMILES string of the molecule is CC(C)/[N+](O)=C\c1cccc(NC(=O)OC(C)(C)C)c1. The molecule has 0 spiro atoms. The van der Waals surface area contributed by atoms with Crippen LogP contribution in [0.15, 0.2) is 24.3 Å². The fourth-order valence-corrected chi connectivity index (χ4v) is 1.42. The van der Waals surface area contributed by atoms with Crippen LogP contribution in [0, 0.1) is 0 Å². The standard InChI is InChI=1S/C15H22N2O3/c1-11(2)17(19)10-12-7-6-8-13(9-12)16-14(18)20-15(3,4)5/h6-11H,1-5H3,(H-,16,18,19)/p+1/b17-10+. The molecule has 1 aromatic carbocycles. The molecule has 0 radical (unpaired) electrons. The van der Waals surface area contributed by atoms with Gasteiger partial charge in [-0.3, -0.25) is 10.5 Å². The van der Waals surface area contributed by atoms with E-state index in [9.17, 15) is 10.0 Å². The van der Waals surface area contributed by atoms with Crippen LogP contribution in [0.4, 0.5) is 10.5 Å². The lowest BCUT2D eigenvalue weighted by Gasteiger charge is -2.19. The maximum Gasteiger partial charge on any atom is 0.412 e. The topological polar surface area (TPSA) is 61.6 Å². The van der Waals surface area contributed by atoms with Gasteiger partial charge < -0.3 is 4.74 Å². The molecule has 1 amide bonds. The van der Waals surface area contributed by atoms with Gasteiger partial charge in [0.25, 0.3) is 0 Å². The van der Waals surface area contributed by atoms with Gasteiger partial charge in [0.1, 0.15) is 5.60 Å². The van der Waals surface area contributed by atoms with Crippen molar-refractivity contribution in [2.24, 2.45) is 0 Å². The van der Waals surface area contributed by atoms with Crippen LogP contribution in [0.5, 0.6) is 0 Å². The van der Waals surface area contributed by atoms with Crippen molar-refractivity contribution >= 4 is 18.0 Å². The number of carbonyl (C=O) groups excluding carboxylic acids is 1. The summed E-state index contributed by atoms with van der Waals surface area (Å²) in [6, 6.07) is 7.14. The van der Waals surface area contributed by atoms with E-state index in [0.29, 0.717) is 5.69 Å². The third-order valence-electron chi connectivity index (χ3n) is 2.34. The highest BCUT2D eigenvalue weighted by Gasteiger charge is 2.16. The van der Waals surface area contributed by atoms with Gasteiger partial charge in [-0.1, -0.05) is 6.07 Å². The molecular formula is C15H23N2O3+. The van der Waals surface area contributed by atoms with E-state index in [0.717, 1.165) is 10.3 Å². The molecule has 0 atom stereocenters. The minimum Gasteiger partial charge on any atom is -0.444 e. The number of anilines is 1. The predicted molar refractivity (Wildman–Crippen MR) is 78.6 cm³/mol. The van der Waals surface area contributed by atoms with Gasteiger partial charge in [-0.15, -0.1) is 0 Å². The van der Waals surface area contributed by atoms with E-state index < -0.39 is 11.7 Å². The fourth-order valence-electron chi connectivity index (χ4n) is 1.42. The number of hydroxylamine groups is 1. The van der Waals surface area contributed by atoms with E-state index in [4.69, 9.17) is 4.74 Å². The Kier molecular flexibility index (Phi) is 5.13. The van der Waals surface area contributed by atoms with E-state index >= 15 is 0 Å². The monoisotopic (exact) mass is 279 g/mol. The maximum absolute atomic E-state index is 11.7. The first kappa shape index (κ1) is 16.0. The highest BCUT2D eigenvalue weighted by atomic mass is 16.6. The van der Waals surface area contributed by atoms with Crippen molar-refractivity contribution in [1.29, 1.82) is 0 Å². The van der Waals surface area contributed by atoms with E-state index in [2.05, 4.69) is 5.32 Å². The maximum atomic E-state index is 11.7. The lowest BCUT2D eigenvalue weighted by Crippen LogP contribution is -2.27. The summed E-state index contributed by atoms with van der Waals surface area (Å²) in [6.45, 7) is 9.17. The molecule has 0 aromatic heterocycles. The van der Waals surface area contributed by atoms with Crippen molar-refractivity contribution in [3.05, 3.63) is 29.8 Å². The number of rotatable bonds is 3. The van der Waals surface area contributed by atoms with Crippen LogP contribution in [0.3, 0.4) is 0 Å². The van der Waals surface area contributed by atoms with Crippen molar-refractivity contribution in [3.63, 3.8) is 0 Å². The molecular weight excluding hydrogens is 256 g/mol. The largest absolute Gasteiger partial charge is 0.444 e. The van der Waals surface area contributed by atoms with Gasteiger partial charge in [-0.05, 0) is 43.7 Å². The Balaban J connectivity index is 2.79. The molecule has 0 aliphatic rings. The van der Waals surface area contributed by atoms with Gasteiger partial charge >= 0.3 is 6.09 Å². The molecule has 20 heavy (non-hydrogen) atoms. The quantitative estimate of drug-likeness (QED) is 0.386. The number of carbonyl (C=O) groups is 1. The summed E-state index contributed by atoms with van der Waals surface area (Å²) >= 11 is 0. The van der Waals surface area contributed by atoms with Crippen LogP contribution in [0.2, 0.25) is 0 Å². The molecule has 0 heterocycles.